The molecule has 2 amide bonds. The van der Waals surface area contributed by atoms with Crippen molar-refractivity contribution in [2.45, 2.75) is 11.3 Å². The standard InChI is InChI=1S/C22H20N2O4S/c1-27-18-3-5-19(6-4-18)29-14-21(25)23-17-2-7-20-15(12-17)8-10-24(20)22(26)16-9-11-28-13-16/h2-7,9,11-13H,8,10,14H2,1H3,(H,23,25). The highest BCUT2D eigenvalue weighted by Crippen LogP contribution is 2.32. The van der Waals surface area contributed by atoms with Gasteiger partial charge in [-0.3, -0.25) is 9.59 Å². The third kappa shape index (κ3) is 4.30. The van der Waals surface area contributed by atoms with Crippen LogP contribution in [0.4, 0.5) is 11.4 Å². The van der Waals surface area contributed by atoms with E-state index in [1.807, 2.05) is 42.5 Å². The van der Waals surface area contributed by atoms with Gasteiger partial charge < -0.3 is 19.4 Å². The van der Waals surface area contributed by atoms with Crippen molar-refractivity contribution in [3.8, 4) is 5.75 Å². The van der Waals surface area contributed by atoms with Crippen molar-refractivity contribution >= 4 is 35.0 Å². The summed E-state index contributed by atoms with van der Waals surface area (Å²) in [5.74, 6) is 0.951. The van der Waals surface area contributed by atoms with E-state index in [2.05, 4.69) is 5.32 Å². The first-order chi connectivity index (χ1) is 14.1. The number of nitrogens with one attached hydrogen (secondary N) is 1. The number of thioether (sulfide) groups is 1. The molecule has 0 spiro atoms. The molecule has 0 radical (unpaired) electrons. The molecule has 7 heteroatoms. The van der Waals surface area contributed by atoms with E-state index in [1.165, 1.54) is 24.3 Å². The van der Waals surface area contributed by atoms with Crippen molar-refractivity contribution in [3.63, 3.8) is 0 Å². The van der Waals surface area contributed by atoms with Crippen LogP contribution in [0.2, 0.25) is 0 Å². The zero-order valence-corrected chi connectivity index (χ0v) is 16.7. The number of anilines is 2. The minimum absolute atomic E-state index is 0.0740. The average Bonchev–Trinajstić information content (AvgIpc) is 3.42. The molecule has 1 N–H and O–H groups in total. The molecule has 1 aliphatic rings. The predicted molar refractivity (Wildman–Crippen MR) is 113 cm³/mol. The topological polar surface area (TPSA) is 71.8 Å². The average molecular weight is 408 g/mol. The fourth-order valence-electron chi connectivity index (χ4n) is 3.25. The van der Waals surface area contributed by atoms with Crippen LogP contribution in [0.1, 0.15) is 15.9 Å². The molecule has 0 saturated heterocycles. The van der Waals surface area contributed by atoms with Crippen molar-refractivity contribution in [1.29, 1.82) is 0 Å². The van der Waals surface area contributed by atoms with E-state index in [4.69, 9.17) is 9.15 Å². The summed E-state index contributed by atoms with van der Waals surface area (Å²) in [6.07, 6.45) is 3.70. The van der Waals surface area contributed by atoms with Crippen LogP contribution in [-0.2, 0) is 11.2 Å². The Morgan fingerprint density at radius 3 is 2.72 bits per heavy atom. The maximum Gasteiger partial charge on any atom is 0.261 e. The number of nitrogens with zero attached hydrogens (tertiary/aromatic N) is 1. The second kappa shape index (κ2) is 8.45. The largest absolute Gasteiger partial charge is 0.497 e. The zero-order chi connectivity index (χ0) is 20.2. The van der Waals surface area contributed by atoms with Gasteiger partial charge in [-0.15, -0.1) is 11.8 Å². The van der Waals surface area contributed by atoms with Crippen molar-refractivity contribution < 1.29 is 18.7 Å². The van der Waals surface area contributed by atoms with Gasteiger partial charge in [0, 0.05) is 22.8 Å². The van der Waals surface area contributed by atoms with Crippen LogP contribution in [-0.4, -0.2) is 31.2 Å². The lowest BCUT2D eigenvalue weighted by Gasteiger charge is -2.16. The Morgan fingerprint density at radius 2 is 2.00 bits per heavy atom. The van der Waals surface area contributed by atoms with Gasteiger partial charge in [0.2, 0.25) is 5.91 Å². The number of benzene rings is 2. The highest BCUT2D eigenvalue weighted by molar-refractivity contribution is 8.00. The molecule has 4 rings (SSSR count). The number of fused-ring (bicyclic) bond motifs is 1. The van der Waals surface area contributed by atoms with E-state index >= 15 is 0 Å². The second-order valence-corrected chi connectivity index (χ2v) is 7.62. The Hall–Kier alpha value is -3.19. The Kier molecular flexibility index (Phi) is 5.57. The maximum atomic E-state index is 12.6. The number of ether oxygens (including phenoxy) is 1. The molecule has 0 atom stereocenters. The summed E-state index contributed by atoms with van der Waals surface area (Å²) in [7, 11) is 1.62. The van der Waals surface area contributed by atoms with Crippen LogP contribution in [0.15, 0.2) is 70.4 Å². The molecule has 29 heavy (non-hydrogen) atoms. The van der Waals surface area contributed by atoms with Gasteiger partial charge in [-0.05, 0) is 60.5 Å². The monoisotopic (exact) mass is 408 g/mol. The summed E-state index contributed by atoms with van der Waals surface area (Å²) >= 11 is 1.47. The Bertz CT molecular complexity index is 1020. The van der Waals surface area contributed by atoms with E-state index in [0.717, 1.165) is 34.0 Å². The lowest BCUT2D eigenvalue weighted by atomic mass is 10.1. The maximum absolute atomic E-state index is 12.6. The first kappa shape index (κ1) is 19.1. The van der Waals surface area contributed by atoms with E-state index in [0.29, 0.717) is 17.9 Å². The van der Waals surface area contributed by atoms with Gasteiger partial charge in [-0.2, -0.15) is 0 Å². The predicted octanol–water partition coefficient (Wildman–Crippen LogP) is 4.22. The molecule has 3 aromatic rings. The quantitative estimate of drug-likeness (QED) is 0.618. The summed E-state index contributed by atoms with van der Waals surface area (Å²) in [5.41, 5.74) is 3.19. The second-order valence-electron chi connectivity index (χ2n) is 6.57. The third-order valence-corrected chi connectivity index (χ3v) is 5.71. The van der Waals surface area contributed by atoms with Crippen LogP contribution >= 0.6 is 11.8 Å². The number of carbonyl (C=O) groups excluding carboxylic acids is 2. The summed E-state index contributed by atoms with van der Waals surface area (Å²) in [6.45, 7) is 0.615. The number of hydrogen-bond acceptors (Lipinski definition) is 5. The molecule has 2 heterocycles. The van der Waals surface area contributed by atoms with Gasteiger partial charge in [-0.1, -0.05) is 0 Å². The Morgan fingerprint density at radius 1 is 1.17 bits per heavy atom. The number of furan rings is 1. The van der Waals surface area contributed by atoms with Crippen molar-refractivity contribution in [2.75, 3.05) is 29.6 Å². The van der Waals surface area contributed by atoms with Gasteiger partial charge >= 0.3 is 0 Å². The molecule has 2 aromatic carbocycles. The molecule has 0 fully saturated rings. The van der Waals surface area contributed by atoms with Gasteiger partial charge in [0.1, 0.15) is 12.0 Å². The van der Waals surface area contributed by atoms with E-state index in [-0.39, 0.29) is 11.8 Å². The smallest absolute Gasteiger partial charge is 0.261 e. The number of rotatable bonds is 6. The number of methoxy groups -OCH3 is 1. The minimum Gasteiger partial charge on any atom is -0.497 e. The van der Waals surface area contributed by atoms with Gasteiger partial charge in [0.05, 0.1) is 24.7 Å². The molecule has 0 bridgehead atoms. The van der Waals surface area contributed by atoms with Crippen molar-refractivity contribution in [2.24, 2.45) is 0 Å². The Labute approximate surface area is 172 Å². The van der Waals surface area contributed by atoms with E-state index in [9.17, 15) is 9.59 Å². The normalized spacial score (nSPS) is 12.5. The first-order valence-electron chi connectivity index (χ1n) is 9.18. The summed E-state index contributed by atoms with van der Waals surface area (Å²) in [4.78, 5) is 27.6. The minimum atomic E-state index is -0.0785. The number of amides is 2. The highest BCUT2D eigenvalue weighted by Gasteiger charge is 2.26. The summed E-state index contributed by atoms with van der Waals surface area (Å²) in [5, 5.41) is 2.93. The SMILES string of the molecule is COc1ccc(SCC(=O)Nc2ccc3c(c2)CCN3C(=O)c2ccoc2)cc1. The zero-order valence-electron chi connectivity index (χ0n) is 15.9. The molecule has 148 valence electrons. The molecule has 0 unspecified atom stereocenters. The fraction of sp³-hybridized carbons (Fsp3) is 0.182. The molecular weight excluding hydrogens is 388 g/mol. The molecule has 0 saturated carbocycles. The van der Waals surface area contributed by atoms with Gasteiger partial charge in [-0.25, -0.2) is 0 Å². The molecular formula is C22H20N2O4S. The van der Waals surface area contributed by atoms with Crippen molar-refractivity contribution in [1.82, 2.24) is 0 Å². The Balaban J connectivity index is 1.36. The van der Waals surface area contributed by atoms with Crippen LogP contribution in [0.3, 0.4) is 0 Å². The molecule has 1 aromatic heterocycles. The van der Waals surface area contributed by atoms with Crippen molar-refractivity contribution in [3.05, 3.63) is 72.2 Å². The third-order valence-electron chi connectivity index (χ3n) is 4.70. The van der Waals surface area contributed by atoms with Crippen LogP contribution < -0.4 is 15.0 Å². The fourth-order valence-corrected chi connectivity index (χ4v) is 3.95. The molecule has 1 aliphatic heterocycles. The van der Waals surface area contributed by atoms with E-state index in [1.54, 1.807) is 18.1 Å². The lowest BCUT2D eigenvalue weighted by molar-refractivity contribution is -0.113. The summed E-state index contributed by atoms with van der Waals surface area (Å²) < 4.78 is 10.1. The summed E-state index contributed by atoms with van der Waals surface area (Å²) in [6, 6.07) is 14.9. The van der Waals surface area contributed by atoms with E-state index < -0.39 is 0 Å². The number of hydrogen-bond donors (Lipinski definition) is 1. The first-order valence-corrected chi connectivity index (χ1v) is 10.2. The molecule has 0 aliphatic carbocycles. The van der Waals surface area contributed by atoms with Crippen LogP contribution in [0, 0.1) is 0 Å². The van der Waals surface area contributed by atoms with Crippen LogP contribution in [0.25, 0.3) is 0 Å². The number of carbonyl (C=O) groups is 2. The lowest BCUT2D eigenvalue weighted by Crippen LogP contribution is -2.28. The van der Waals surface area contributed by atoms with Gasteiger partial charge in [0.25, 0.3) is 5.91 Å². The highest BCUT2D eigenvalue weighted by atomic mass is 32.2. The molecule has 6 nitrogen and oxygen atoms in total. The van der Waals surface area contributed by atoms with Gasteiger partial charge in [0.15, 0.2) is 0 Å². The van der Waals surface area contributed by atoms with Crippen LogP contribution in [0.5, 0.6) is 5.75 Å².